The summed E-state index contributed by atoms with van der Waals surface area (Å²) in [6.07, 6.45) is 0.429. The summed E-state index contributed by atoms with van der Waals surface area (Å²) in [7, 11) is 0. The fourth-order valence-electron chi connectivity index (χ4n) is 0.952. The van der Waals surface area contributed by atoms with Crippen LogP contribution in [0.25, 0.3) is 0 Å². The minimum absolute atomic E-state index is 0.0394. The summed E-state index contributed by atoms with van der Waals surface area (Å²) >= 11 is 0. The summed E-state index contributed by atoms with van der Waals surface area (Å²) in [6.45, 7) is 5.76. The first kappa shape index (κ1) is 8.68. The van der Waals surface area contributed by atoms with Gasteiger partial charge in [0, 0.05) is 5.41 Å². The van der Waals surface area contributed by atoms with Crippen LogP contribution < -0.4 is 0 Å². The van der Waals surface area contributed by atoms with Gasteiger partial charge in [0.05, 0.1) is 19.8 Å². The van der Waals surface area contributed by atoms with Crippen molar-refractivity contribution in [1.82, 2.24) is 0 Å². The first-order chi connectivity index (χ1) is 5.14. The molecule has 0 aromatic carbocycles. The smallest absolute Gasteiger partial charge is 0.151 e. The van der Waals surface area contributed by atoms with Gasteiger partial charge in [0.1, 0.15) is 6.10 Å². The van der Waals surface area contributed by atoms with Crippen molar-refractivity contribution in [2.75, 3.05) is 19.8 Å². The molecule has 11 heavy (non-hydrogen) atoms. The quantitative estimate of drug-likeness (QED) is 0.525. The third kappa shape index (κ3) is 2.60. The third-order valence-electron chi connectivity index (χ3n) is 1.61. The molecule has 1 atom stereocenters. The molecule has 3 heteroatoms. The number of rotatable bonds is 1. The van der Waals surface area contributed by atoms with Crippen molar-refractivity contribution in [3.05, 3.63) is 0 Å². The van der Waals surface area contributed by atoms with Crippen LogP contribution in [0.3, 0.4) is 0 Å². The normalized spacial score (nSPS) is 30.9. The highest BCUT2D eigenvalue weighted by Gasteiger charge is 2.25. The van der Waals surface area contributed by atoms with E-state index in [1.807, 2.05) is 0 Å². The summed E-state index contributed by atoms with van der Waals surface area (Å²) in [5.74, 6) is 0. The van der Waals surface area contributed by atoms with E-state index in [9.17, 15) is 4.79 Å². The van der Waals surface area contributed by atoms with Crippen LogP contribution >= 0.6 is 0 Å². The zero-order chi connectivity index (χ0) is 8.32. The van der Waals surface area contributed by atoms with E-state index in [0.29, 0.717) is 19.8 Å². The predicted octanol–water partition coefficient (Wildman–Crippen LogP) is 0.627. The summed E-state index contributed by atoms with van der Waals surface area (Å²) in [6, 6.07) is 0. The van der Waals surface area contributed by atoms with Gasteiger partial charge < -0.3 is 14.3 Å². The van der Waals surface area contributed by atoms with E-state index < -0.39 is 0 Å². The number of hydrogen-bond donors (Lipinski definition) is 0. The number of hydrogen-bond acceptors (Lipinski definition) is 3. The third-order valence-corrected chi connectivity index (χ3v) is 1.61. The molecule has 64 valence electrons. The molecule has 0 amide bonds. The molecular weight excluding hydrogens is 144 g/mol. The van der Waals surface area contributed by atoms with Gasteiger partial charge in [-0.25, -0.2) is 0 Å². The lowest BCUT2D eigenvalue weighted by atomic mass is 9.97. The van der Waals surface area contributed by atoms with Crippen LogP contribution in [0.4, 0.5) is 0 Å². The van der Waals surface area contributed by atoms with Crippen molar-refractivity contribution in [3.8, 4) is 0 Å². The summed E-state index contributed by atoms with van der Waals surface area (Å²) in [5.41, 5.74) is 0.0394. The van der Waals surface area contributed by atoms with E-state index in [1.165, 1.54) is 0 Å². The minimum atomic E-state index is -0.364. The Hall–Kier alpha value is -0.410. The lowest BCUT2D eigenvalue weighted by molar-refractivity contribution is -0.119. The lowest BCUT2D eigenvalue weighted by Gasteiger charge is -2.19. The van der Waals surface area contributed by atoms with Crippen LogP contribution in [0, 0.1) is 5.41 Å². The molecular formula is C8H14O3. The van der Waals surface area contributed by atoms with Gasteiger partial charge in [0.2, 0.25) is 0 Å². The van der Waals surface area contributed by atoms with E-state index in [2.05, 4.69) is 13.8 Å². The molecule has 1 heterocycles. The maximum atomic E-state index is 10.3. The van der Waals surface area contributed by atoms with Crippen molar-refractivity contribution in [3.63, 3.8) is 0 Å². The second-order valence-electron chi connectivity index (χ2n) is 3.66. The fraction of sp³-hybridized carbons (Fsp3) is 0.875. The minimum Gasteiger partial charge on any atom is -0.378 e. The largest absolute Gasteiger partial charge is 0.378 e. The van der Waals surface area contributed by atoms with Crippen LogP contribution in [0.15, 0.2) is 0 Å². The van der Waals surface area contributed by atoms with Gasteiger partial charge >= 0.3 is 0 Å². The van der Waals surface area contributed by atoms with Crippen molar-refractivity contribution in [2.24, 2.45) is 5.41 Å². The van der Waals surface area contributed by atoms with E-state index in [4.69, 9.17) is 9.47 Å². The Kier molecular flexibility index (Phi) is 2.62. The molecule has 0 bridgehead atoms. The van der Waals surface area contributed by atoms with Crippen molar-refractivity contribution >= 4 is 6.29 Å². The zero-order valence-electron chi connectivity index (χ0n) is 7.00. The molecule has 0 saturated carbocycles. The fourth-order valence-corrected chi connectivity index (χ4v) is 0.952. The van der Waals surface area contributed by atoms with Crippen molar-refractivity contribution in [2.45, 2.75) is 20.0 Å². The average molecular weight is 158 g/mol. The first-order valence-electron chi connectivity index (χ1n) is 3.79. The highest BCUT2D eigenvalue weighted by Crippen LogP contribution is 2.19. The lowest BCUT2D eigenvalue weighted by Crippen LogP contribution is -2.23. The highest BCUT2D eigenvalue weighted by molar-refractivity contribution is 5.56. The van der Waals surface area contributed by atoms with Gasteiger partial charge in [-0.15, -0.1) is 0 Å². The molecule has 0 N–H and O–H groups in total. The molecule has 1 aliphatic rings. The first-order valence-corrected chi connectivity index (χ1v) is 3.79. The zero-order valence-corrected chi connectivity index (χ0v) is 7.00. The topological polar surface area (TPSA) is 35.5 Å². The number of carbonyl (C=O) groups is 1. The Labute approximate surface area is 66.7 Å². The number of carbonyl (C=O) groups excluding carboxylic acids is 1. The predicted molar refractivity (Wildman–Crippen MR) is 40.4 cm³/mol. The molecule has 0 aromatic rings. The van der Waals surface area contributed by atoms with Gasteiger partial charge in [0.25, 0.3) is 0 Å². The molecule has 1 fully saturated rings. The molecule has 1 unspecified atom stereocenters. The van der Waals surface area contributed by atoms with Gasteiger partial charge in [-0.05, 0) is 0 Å². The summed E-state index contributed by atoms with van der Waals surface area (Å²) in [5, 5.41) is 0. The molecule has 3 nitrogen and oxygen atoms in total. The SMILES string of the molecule is CC1(C)COCC(C=O)OC1. The second kappa shape index (κ2) is 3.32. The number of ether oxygens (including phenoxy) is 2. The molecule has 0 spiro atoms. The van der Waals surface area contributed by atoms with Crippen LogP contribution in [-0.4, -0.2) is 32.2 Å². The van der Waals surface area contributed by atoms with E-state index >= 15 is 0 Å². The monoisotopic (exact) mass is 158 g/mol. The van der Waals surface area contributed by atoms with Gasteiger partial charge in [0.15, 0.2) is 6.29 Å². The maximum absolute atomic E-state index is 10.3. The highest BCUT2D eigenvalue weighted by atomic mass is 16.5. The van der Waals surface area contributed by atoms with Crippen molar-refractivity contribution < 1.29 is 14.3 Å². The van der Waals surface area contributed by atoms with E-state index in [1.54, 1.807) is 0 Å². The Morgan fingerprint density at radius 3 is 2.82 bits per heavy atom. The molecule has 1 saturated heterocycles. The average Bonchev–Trinajstić information content (AvgIpc) is 2.10. The Bertz CT molecular complexity index is 142. The molecule has 0 radical (unpaired) electrons. The number of aldehydes is 1. The van der Waals surface area contributed by atoms with Gasteiger partial charge in [-0.2, -0.15) is 0 Å². The summed E-state index contributed by atoms with van der Waals surface area (Å²) in [4.78, 5) is 10.3. The van der Waals surface area contributed by atoms with Gasteiger partial charge in [-0.3, -0.25) is 0 Å². The standard InChI is InChI=1S/C8H14O3/c1-8(2)5-10-4-7(3-9)11-6-8/h3,7H,4-6H2,1-2H3. The Morgan fingerprint density at radius 2 is 2.18 bits per heavy atom. The van der Waals surface area contributed by atoms with Crippen LogP contribution in [0.5, 0.6) is 0 Å². The van der Waals surface area contributed by atoms with E-state index in [-0.39, 0.29) is 11.5 Å². The van der Waals surface area contributed by atoms with Crippen LogP contribution in [0.1, 0.15) is 13.8 Å². The molecule has 1 rings (SSSR count). The van der Waals surface area contributed by atoms with Crippen molar-refractivity contribution in [1.29, 1.82) is 0 Å². The summed E-state index contributed by atoms with van der Waals surface area (Å²) < 4.78 is 10.5. The Morgan fingerprint density at radius 1 is 1.45 bits per heavy atom. The molecule has 1 aliphatic heterocycles. The molecule has 0 aliphatic carbocycles. The molecule has 0 aromatic heterocycles. The van der Waals surface area contributed by atoms with Crippen LogP contribution in [-0.2, 0) is 14.3 Å². The Balaban J connectivity index is 2.45. The second-order valence-corrected chi connectivity index (χ2v) is 3.66. The van der Waals surface area contributed by atoms with E-state index in [0.717, 1.165) is 6.29 Å². The maximum Gasteiger partial charge on any atom is 0.151 e. The van der Waals surface area contributed by atoms with Gasteiger partial charge in [-0.1, -0.05) is 13.8 Å². The van der Waals surface area contributed by atoms with Crippen LogP contribution in [0.2, 0.25) is 0 Å².